The zero-order chi connectivity index (χ0) is 31.6. The van der Waals surface area contributed by atoms with Gasteiger partial charge in [0.1, 0.15) is 12.4 Å². The van der Waals surface area contributed by atoms with E-state index in [-0.39, 0.29) is 24.5 Å². The van der Waals surface area contributed by atoms with Gasteiger partial charge in [0.15, 0.2) is 18.1 Å². The van der Waals surface area contributed by atoms with Crippen LogP contribution in [0, 0.1) is 3.57 Å². The molecule has 0 aromatic heterocycles. The van der Waals surface area contributed by atoms with Crippen LogP contribution in [0.4, 0.5) is 4.79 Å². The van der Waals surface area contributed by atoms with Gasteiger partial charge in [-0.1, -0.05) is 29.8 Å². The molecule has 44 heavy (non-hydrogen) atoms. The Morgan fingerprint density at radius 1 is 1.05 bits per heavy atom. The van der Waals surface area contributed by atoms with E-state index in [1.807, 2.05) is 42.5 Å². The second kappa shape index (κ2) is 15.4. The highest BCUT2D eigenvalue weighted by Gasteiger charge is 2.32. The largest absolute Gasteiger partial charge is 0.493 e. The van der Waals surface area contributed by atoms with Gasteiger partial charge in [0.2, 0.25) is 0 Å². The van der Waals surface area contributed by atoms with Crippen LogP contribution in [0.1, 0.15) is 36.6 Å². The van der Waals surface area contributed by atoms with Gasteiger partial charge in [0, 0.05) is 10.7 Å². The van der Waals surface area contributed by atoms with Crippen molar-refractivity contribution in [1.82, 2.24) is 16.1 Å². The zero-order valence-electron chi connectivity index (χ0n) is 24.1. The number of hydrazone groups is 1. The number of amides is 3. The van der Waals surface area contributed by atoms with Crippen LogP contribution in [-0.4, -0.2) is 44.4 Å². The molecule has 1 aliphatic rings. The third-order valence-electron chi connectivity index (χ3n) is 6.31. The van der Waals surface area contributed by atoms with Gasteiger partial charge in [-0.25, -0.2) is 15.0 Å². The predicted molar refractivity (Wildman–Crippen MR) is 173 cm³/mol. The quantitative estimate of drug-likeness (QED) is 0.100. The van der Waals surface area contributed by atoms with Crippen LogP contribution in [0.5, 0.6) is 17.2 Å². The summed E-state index contributed by atoms with van der Waals surface area (Å²) in [6.45, 7) is 3.59. The Balaban J connectivity index is 1.33. The number of nitrogens with zero attached hydrogens (tertiary/aromatic N) is 1. The SMILES string of the molecule is CCOC(=O)C1=C(C)NC(=O)N[C@@H]1c1ccc(OCC(=O)N/N=C\c2ccc(OCc3ccc(Cl)cc3)c(I)c2)c(OC)c1. The first-order valence-corrected chi connectivity index (χ1v) is 14.9. The van der Waals surface area contributed by atoms with E-state index in [1.54, 1.807) is 32.0 Å². The molecule has 4 rings (SSSR count). The lowest BCUT2D eigenvalue weighted by Crippen LogP contribution is -2.45. The lowest BCUT2D eigenvalue weighted by atomic mass is 9.95. The molecule has 11 nitrogen and oxygen atoms in total. The molecule has 0 radical (unpaired) electrons. The first-order valence-electron chi connectivity index (χ1n) is 13.4. The summed E-state index contributed by atoms with van der Waals surface area (Å²) in [5.74, 6) is 0.282. The smallest absolute Gasteiger partial charge is 0.338 e. The van der Waals surface area contributed by atoms with E-state index < -0.39 is 23.9 Å². The van der Waals surface area contributed by atoms with Crippen molar-refractivity contribution in [2.45, 2.75) is 26.5 Å². The number of hydrogen-bond acceptors (Lipinski definition) is 8. The summed E-state index contributed by atoms with van der Waals surface area (Å²) in [6, 6.07) is 16.7. The summed E-state index contributed by atoms with van der Waals surface area (Å²) < 4.78 is 23.1. The van der Waals surface area contributed by atoms with E-state index in [9.17, 15) is 14.4 Å². The number of carbonyl (C=O) groups is 3. The van der Waals surface area contributed by atoms with Crippen molar-refractivity contribution in [3.63, 3.8) is 0 Å². The number of benzene rings is 3. The number of halogens is 2. The van der Waals surface area contributed by atoms with Crippen molar-refractivity contribution < 1.29 is 33.3 Å². The number of hydrogen-bond donors (Lipinski definition) is 3. The van der Waals surface area contributed by atoms with E-state index in [1.165, 1.54) is 13.3 Å². The molecule has 3 amide bonds. The molecule has 0 bridgehead atoms. The lowest BCUT2D eigenvalue weighted by molar-refractivity contribution is -0.139. The summed E-state index contributed by atoms with van der Waals surface area (Å²) in [4.78, 5) is 37.1. The first-order chi connectivity index (χ1) is 21.2. The van der Waals surface area contributed by atoms with Crippen molar-refractivity contribution in [3.05, 3.63) is 97.2 Å². The van der Waals surface area contributed by atoms with Crippen LogP contribution in [-0.2, 0) is 20.9 Å². The summed E-state index contributed by atoms with van der Waals surface area (Å²) in [5.41, 5.74) is 5.43. The number of nitrogens with one attached hydrogen (secondary N) is 3. The Morgan fingerprint density at radius 2 is 1.80 bits per heavy atom. The standard InChI is InChI=1S/C31H30ClIN4O7/c1-4-42-30(39)28-18(2)35-31(40)36-29(28)21-8-12-25(26(14-21)41-3)44-17-27(38)37-34-15-20-7-11-24(23(33)13-20)43-16-19-5-9-22(32)10-6-19/h5-15,29H,4,16-17H2,1-3H3,(H,37,38)(H2,35,36,40)/b34-15-/t29-/m1/s1. The molecule has 3 aromatic carbocycles. The highest BCUT2D eigenvalue weighted by Crippen LogP contribution is 2.34. The number of ether oxygens (including phenoxy) is 4. The van der Waals surface area contributed by atoms with Crippen molar-refractivity contribution in [2.75, 3.05) is 20.3 Å². The third-order valence-corrected chi connectivity index (χ3v) is 7.41. The summed E-state index contributed by atoms with van der Waals surface area (Å²) in [7, 11) is 1.44. The normalized spacial score (nSPS) is 14.5. The second-order valence-corrected chi connectivity index (χ2v) is 11.0. The van der Waals surface area contributed by atoms with Crippen LogP contribution >= 0.6 is 34.2 Å². The molecular weight excluding hydrogens is 703 g/mol. The number of carbonyl (C=O) groups excluding carboxylic acids is 3. The zero-order valence-corrected chi connectivity index (χ0v) is 27.0. The topological polar surface area (TPSA) is 137 Å². The molecule has 0 spiro atoms. The van der Waals surface area contributed by atoms with E-state index >= 15 is 0 Å². The molecule has 0 aliphatic carbocycles. The van der Waals surface area contributed by atoms with Gasteiger partial charge in [0.25, 0.3) is 5.91 Å². The molecule has 0 saturated carbocycles. The number of esters is 1. The van der Waals surface area contributed by atoms with Crippen molar-refractivity contribution >= 4 is 58.3 Å². The van der Waals surface area contributed by atoms with Crippen molar-refractivity contribution in [3.8, 4) is 17.2 Å². The maximum atomic E-state index is 12.6. The number of methoxy groups -OCH3 is 1. The van der Waals surface area contributed by atoms with Crippen LogP contribution in [0.2, 0.25) is 5.02 Å². The molecule has 1 aliphatic heterocycles. The summed E-state index contributed by atoms with van der Waals surface area (Å²) >= 11 is 8.10. The molecule has 230 valence electrons. The minimum absolute atomic E-state index is 0.185. The fourth-order valence-corrected chi connectivity index (χ4v) is 5.04. The molecule has 0 unspecified atom stereocenters. The van der Waals surface area contributed by atoms with Gasteiger partial charge in [-0.3, -0.25) is 4.79 Å². The average Bonchev–Trinajstić information content (AvgIpc) is 3.00. The summed E-state index contributed by atoms with van der Waals surface area (Å²) in [6.07, 6.45) is 1.52. The first kappa shape index (κ1) is 32.6. The fourth-order valence-electron chi connectivity index (χ4n) is 4.22. The lowest BCUT2D eigenvalue weighted by Gasteiger charge is -2.28. The Bertz CT molecular complexity index is 1590. The number of urea groups is 1. The van der Waals surface area contributed by atoms with Crippen LogP contribution in [0.3, 0.4) is 0 Å². The average molecular weight is 733 g/mol. The Labute approximate surface area is 273 Å². The number of rotatable bonds is 12. The molecular formula is C31H30ClIN4O7. The van der Waals surface area contributed by atoms with E-state index in [4.69, 9.17) is 30.5 Å². The van der Waals surface area contributed by atoms with E-state index in [0.29, 0.717) is 28.6 Å². The number of allylic oxidation sites excluding steroid dienone is 1. The second-order valence-electron chi connectivity index (χ2n) is 9.39. The molecule has 13 heteroatoms. The highest BCUT2D eigenvalue weighted by atomic mass is 127. The van der Waals surface area contributed by atoms with Gasteiger partial charge in [-0.2, -0.15) is 5.10 Å². The predicted octanol–water partition coefficient (Wildman–Crippen LogP) is 5.25. The highest BCUT2D eigenvalue weighted by molar-refractivity contribution is 14.1. The van der Waals surface area contributed by atoms with Gasteiger partial charge in [0.05, 0.1) is 35.1 Å². The van der Waals surface area contributed by atoms with E-state index in [0.717, 1.165) is 20.4 Å². The molecule has 1 atom stereocenters. The van der Waals surface area contributed by atoms with Gasteiger partial charge >= 0.3 is 12.0 Å². The monoisotopic (exact) mass is 732 g/mol. The van der Waals surface area contributed by atoms with Crippen LogP contribution < -0.4 is 30.3 Å². The van der Waals surface area contributed by atoms with E-state index in [2.05, 4.69) is 43.8 Å². The minimum atomic E-state index is -0.768. The molecule has 3 N–H and O–H groups in total. The Hall–Kier alpha value is -4.30. The molecule has 3 aromatic rings. The fraction of sp³-hybridized carbons (Fsp3) is 0.226. The molecule has 1 heterocycles. The summed E-state index contributed by atoms with van der Waals surface area (Å²) in [5, 5.41) is 10.0. The maximum Gasteiger partial charge on any atom is 0.338 e. The minimum Gasteiger partial charge on any atom is -0.493 e. The molecule has 0 fully saturated rings. The van der Waals surface area contributed by atoms with Gasteiger partial charge in [-0.05, 0) is 95.6 Å². The van der Waals surface area contributed by atoms with Crippen LogP contribution in [0.15, 0.2) is 77.0 Å². The van der Waals surface area contributed by atoms with Gasteiger partial charge in [-0.15, -0.1) is 0 Å². The third kappa shape index (κ3) is 8.63. The van der Waals surface area contributed by atoms with Crippen molar-refractivity contribution in [1.29, 1.82) is 0 Å². The maximum absolute atomic E-state index is 12.6. The van der Waals surface area contributed by atoms with Crippen LogP contribution in [0.25, 0.3) is 0 Å². The van der Waals surface area contributed by atoms with Gasteiger partial charge < -0.3 is 29.6 Å². The molecule has 0 saturated heterocycles. The Morgan fingerprint density at radius 3 is 2.50 bits per heavy atom. The Kier molecular flexibility index (Phi) is 11.4. The van der Waals surface area contributed by atoms with Crippen molar-refractivity contribution in [2.24, 2.45) is 5.10 Å².